The number of aromatic carboxylic acids is 1. The average molecular weight is 483 g/mol. The van der Waals surface area contributed by atoms with E-state index >= 15 is 0 Å². The Kier molecular flexibility index (Phi) is 6.16. The van der Waals surface area contributed by atoms with Gasteiger partial charge in [-0.1, -0.05) is 55.7 Å². The molecule has 36 heavy (non-hydrogen) atoms. The second-order valence-electron chi connectivity index (χ2n) is 10.7. The minimum atomic E-state index is -0.894. The number of Topliss-reactive ketones (excluding diaryl/α,β-unsaturated/α-hetero) is 1. The van der Waals surface area contributed by atoms with Gasteiger partial charge >= 0.3 is 5.97 Å². The zero-order valence-corrected chi connectivity index (χ0v) is 20.8. The molecule has 5 nitrogen and oxygen atoms in total. The first-order valence-electron chi connectivity index (χ1n) is 13.5. The summed E-state index contributed by atoms with van der Waals surface area (Å²) in [5.41, 5.74) is 6.22. The second-order valence-corrected chi connectivity index (χ2v) is 10.7. The molecule has 2 heterocycles. The number of carboxylic acid groups (broad SMARTS) is 1. The largest absolute Gasteiger partial charge is 0.478 e. The monoisotopic (exact) mass is 482 g/mol. The molecular formula is C31H34N2O3. The van der Waals surface area contributed by atoms with E-state index in [1.54, 1.807) is 6.07 Å². The van der Waals surface area contributed by atoms with Crippen molar-refractivity contribution in [3.05, 3.63) is 65.7 Å². The van der Waals surface area contributed by atoms with E-state index in [0.29, 0.717) is 23.8 Å². The third-order valence-electron chi connectivity index (χ3n) is 8.53. The number of benzene rings is 2. The van der Waals surface area contributed by atoms with Crippen molar-refractivity contribution < 1.29 is 14.7 Å². The Hall–Kier alpha value is -3.34. The molecule has 2 aromatic carbocycles. The summed E-state index contributed by atoms with van der Waals surface area (Å²) in [7, 11) is 0. The molecular weight excluding hydrogens is 448 g/mol. The third-order valence-corrected chi connectivity index (χ3v) is 8.53. The lowest BCUT2D eigenvalue weighted by atomic mass is 9.81. The predicted molar refractivity (Wildman–Crippen MR) is 144 cm³/mol. The van der Waals surface area contributed by atoms with E-state index in [9.17, 15) is 14.7 Å². The van der Waals surface area contributed by atoms with E-state index in [2.05, 4.69) is 45.9 Å². The molecule has 1 aliphatic heterocycles. The van der Waals surface area contributed by atoms with Crippen LogP contribution < -0.4 is 4.90 Å². The van der Waals surface area contributed by atoms with Crippen molar-refractivity contribution in [2.24, 2.45) is 5.92 Å². The number of ketones is 1. The van der Waals surface area contributed by atoms with Gasteiger partial charge in [0.05, 0.1) is 17.8 Å². The van der Waals surface area contributed by atoms with Gasteiger partial charge in [-0.05, 0) is 61.8 Å². The summed E-state index contributed by atoms with van der Waals surface area (Å²) in [5, 5.41) is 10.9. The average Bonchev–Trinajstić information content (AvgIpc) is 3.16. The van der Waals surface area contributed by atoms with Crippen molar-refractivity contribution in [2.75, 3.05) is 18.0 Å². The third kappa shape index (κ3) is 4.04. The number of anilines is 1. The summed E-state index contributed by atoms with van der Waals surface area (Å²) in [6.07, 6.45) is 13.2. The molecule has 1 atom stereocenters. The standard InChI is InChI=1S/C31H34N2O3/c34-28(21-9-3-1-4-10-21)20-32-17-18-33-27-19-23(31(35)36)15-16-24(27)29(22-11-5-2-6-12-22)30(33)25-13-7-8-14-26(25)32/h1,3,7-8,13-16,19,21-22H,2,4-6,9-12,17-18,20H2,(H,35,36). The Balaban J connectivity index is 1.48. The number of fused-ring (bicyclic) bond motifs is 5. The molecule has 1 fully saturated rings. The first kappa shape index (κ1) is 23.1. The Morgan fingerprint density at radius 2 is 1.78 bits per heavy atom. The van der Waals surface area contributed by atoms with E-state index in [0.717, 1.165) is 43.6 Å². The van der Waals surface area contributed by atoms with Crippen LogP contribution in [0.15, 0.2) is 54.6 Å². The van der Waals surface area contributed by atoms with Gasteiger partial charge in [-0.25, -0.2) is 4.79 Å². The molecule has 186 valence electrons. The SMILES string of the molecule is O=C(O)c1ccc2c(C3CCCCC3)c3n(c2c1)CCN(CC(=O)C1CC=CCC1)c1ccccc1-3. The quantitative estimate of drug-likeness (QED) is 0.406. The molecule has 5 heteroatoms. The number of allylic oxidation sites excluding steroid dienone is 2. The number of carbonyl (C=O) groups excluding carboxylic acids is 1. The van der Waals surface area contributed by atoms with Gasteiger partial charge in [0.25, 0.3) is 0 Å². The fraction of sp³-hybridized carbons (Fsp3) is 0.419. The topological polar surface area (TPSA) is 62.5 Å². The highest BCUT2D eigenvalue weighted by atomic mass is 16.4. The summed E-state index contributed by atoms with van der Waals surface area (Å²) in [4.78, 5) is 27.4. The van der Waals surface area contributed by atoms with Crippen molar-refractivity contribution in [1.29, 1.82) is 0 Å². The summed E-state index contributed by atoms with van der Waals surface area (Å²) < 4.78 is 2.35. The van der Waals surface area contributed by atoms with Crippen molar-refractivity contribution >= 4 is 28.3 Å². The molecule has 0 amide bonds. The highest BCUT2D eigenvalue weighted by molar-refractivity contribution is 6.00. The highest BCUT2D eigenvalue weighted by Crippen LogP contribution is 2.47. The maximum atomic E-state index is 13.3. The van der Waals surface area contributed by atoms with Crippen LogP contribution >= 0.6 is 0 Å². The van der Waals surface area contributed by atoms with Crippen LogP contribution in [0.25, 0.3) is 22.2 Å². The van der Waals surface area contributed by atoms with Crippen LogP contribution in [0.4, 0.5) is 5.69 Å². The normalized spacial score (nSPS) is 20.1. The molecule has 2 aliphatic carbocycles. The van der Waals surface area contributed by atoms with E-state index in [1.807, 2.05) is 12.1 Å². The van der Waals surface area contributed by atoms with Crippen LogP contribution in [0, 0.1) is 5.92 Å². The fourth-order valence-electron chi connectivity index (χ4n) is 6.69. The van der Waals surface area contributed by atoms with Crippen LogP contribution in [-0.2, 0) is 11.3 Å². The number of carboxylic acids is 1. The number of carbonyl (C=O) groups is 2. The zero-order valence-electron chi connectivity index (χ0n) is 20.8. The summed E-state index contributed by atoms with van der Waals surface area (Å²) >= 11 is 0. The molecule has 0 saturated heterocycles. The number of nitrogens with zero attached hydrogens (tertiary/aromatic N) is 2. The van der Waals surface area contributed by atoms with Crippen LogP contribution in [0.3, 0.4) is 0 Å². The Labute approximate surface area is 212 Å². The predicted octanol–water partition coefficient (Wildman–Crippen LogP) is 6.80. The van der Waals surface area contributed by atoms with Gasteiger partial charge in [0.2, 0.25) is 0 Å². The number of aromatic nitrogens is 1. The Morgan fingerprint density at radius 1 is 0.944 bits per heavy atom. The van der Waals surface area contributed by atoms with E-state index < -0.39 is 5.97 Å². The first-order valence-corrected chi connectivity index (χ1v) is 13.5. The van der Waals surface area contributed by atoms with Gasteiger partial charge in [0, 0.05) is 41.2 Å². The van der Waals surface area contributed by atoms with Crippen LogP contribution in [0.2, 0.25) is 0 Å². The number of rotatable bonds is 5. The maximum Gasteiger partial charge on any atom is 0.335 e. The first-order chi connectivity index (χ1) is 17.6. The van der Waals surface area contributed by atoms with E-state index in [1.165, 1.54) is 54.3 Å². The second kappa shape index (κ2) is 9.61. The summed E-state index contributed by atoms with van der Waals surface area (Å²) in [6.45, 7) is 1.88. The molecule has 1 unspecified atom stereocenters. The molecule has 6 rings (SSSR count). The lowest BCUT2D eigenvalue weighted by molar-refractivity contribution is -0.121. The maximum absolute atomic E-state index is 13.3. The lowest BCUT2D eigenvalue weighted by Crippen LogP contribution is -2.35. The van der Waals surface area contributed by atoms with Crippen LogP contribution in [0.1, 0.15) is 73.2 Å². The van der Waals surface area contributed by atoms with Gasteiger partial charge in [-0.2, -0.15) is 0 Å². The smallest absolute Gasteiger partial charge is 0.335 e. The van der Waals surface area contributed by atoms with Gasteiger partial charge in [-0.3, -0.25) is 4.79 Å². The summed E-state index contributed by atoms with van der Waals surface area (Å²) in [5.74, 6) is 0.0187. The van der Waals surface area contributed by atoms with E-state index in [4.69, 9.17) is 0 Å². The Morgan fingerprint density at radius 3 is 2.56 bits per heavy atom. The van der Waals surface area contributed by atoms with Crippen LogP contribution in [0.5, 0.6) is 0 Å². The Bertz CT molecular complexity index is 1350. The van der Waals surface area contributed by atoms with Crippen molar-refractivity contribution in [1.82, 2.24) is 4.57 Å². The zero-order chi connectivity index (χ0) is 24.6. The number of hydrogen-bond donors (Lipinski definition) is 1. The van der Waals surface area contributed by atoms with E-state index in [-0.39, 0.29) is 5.92 Å². The molecule has 0 radical (unpaired) electrons. The minimum absolute atomic E-state index is 0.112. The van der Waals surface area contributed by atoms with Crippen LogP contribution in [-0.4, -0.2) is 34.5 Å². The molecule has 0 spiro atoms. The molecule has 1 N–H and O–H groups in total. The van der Waals surface area contributed by atoms with Gasteiger partial charge in [0.1, 0.15) is 0 Å². The number of para-hydroxylation sites is 1. The molecule has 3 aliphatic rings. The fourth-order valence-corrected chi connectivity index (χ4v) is 6.69. The minimum Gasteiger partial charge on any atom is -0.478 e. The van der Waals surface area contributed by atoms with Gasteiger partial charge in [0.15, 0.2) is 5.78 Å². The van der Waals surface area contributed by atoms with Crippen molar-refractivity contribution in [2.45, 2.75) is 63.8 Å². The van der Waals surface area contributed by atoms with Crippen molar-refractivity contribution in [3.8, 4) is 11.3 Å². The molecule has 1 saturated carbocycles. The number of hydrogen-bond acceptors (Lipinski definition) is 3. The molecule has 1 aromatic heterocycles. The summed E-state index contributed by atoms with van der Waals surface area (Å²) in [6, 6.07) is 14.1. The lowest BCUT2D eigenvalue weighted by Gasteiger charge is -2.27. The van der Waals surface area contributed by atoms with Gasteiger partial charge < -0.3 is 14.6 Å². The van der Waals surface area contributed by atoms with Crippen molar-refractivity contribution in [3.63, 3.8) is 0 Å². The molecule has 3 aromatic rings. The highest BCUT2D eigenvalue weighted by Gasteiger charge is 2.31. The molecule has 0 bridgehead atoms. The van der Waals surface area contributed by atoms with Gasteiger partial charge in [-0.15, -0.1) is 0 Å².